The molecule has 2 aromatic carbocycles. The van der Waals surface area contributed by atoms with Crippen molar-refractivity contribution in [3.63, 3.8) is 0 Å². The predicted octanol–water partition coefficient (Wildman–Crippen LogP) is 3.35. The summed E-state index contributed by atoms with van der Waals surface area (Å²) in [4.78, 5) is 31.1. The van der Waals surface area contributed by atoms with Gasteiger partial charge in [-0.25, -0.2) is 9.18 Å². The van der Waals surface area contributed by atoms with Crippen molar-refractivity contribution in [1.29, 1.82) is 0 Å². The van der Waals surface area contributed by atoms with Crippen LogP contribution in [0, 0.1) is 5.82 Å². The number of carbonyl (C=O) groups is 2. The molecule has 0 bridgehead atoms. The molecule has 2 aliphatic rings. The lowest BCUT2D eigenvalue weighted by atomic mass is 10.0. The van der Waals surface area contributed by atoms with Gasteiger partial charge in [0, 0.05) is 32.3 Å². The standard InChI is InChI=1S/C23H24FN3O3/c1-25-16-27(13-17-5-3-2-4-6-17)22(28)20-14-26(12-11-21(20)25)23(29)30-15-18-7-9-19(24)10-8-18/h2-10H,11-16H2,1H3. The third-order valence-corrected chi connectivity index (χ3v) is 5.45. The molecule has 0 saturated heterocycles. The van der Waals surface area contributed by atoms with Crippen molar-refractivity contribution in [3.8, 4) is 0 Å². The van der Waals surface area contributed by atoms with Gasteiger partial charge in [0.2, 0.25) is 0 Å². The summed E-state index contributed by atoms with van der Waals surface area (Å²) in [5.41, 5.74) is 3.41. The molecule has 156 valence electrons. The van der Waals surface area contributed by atoms with Gasteiger partial charge >= 0.3 is 6.09 Å². The molecule has 4 rings (SSSR count). The summed E-state index contributed by atoms with van der Waals surface area (Å²) < 4.78 is 18.4. The Bertz CT molecular complexity index is 959. The Labute approximate surface area is 175 Å². The molecular weight excluding hydrogens is 385 g/mol. The Hall–Kier alpha value is -3.35. The van der Waals surface area contributed by atoms with E-state index in [0.29, 0.717) is 37.3 Å². The van der Waals surface area contributed by atoms with Crippen LogP contribution in [-0.4, -0.2) is 53.5 Å². The first-order valence-corrected chi connectivity index (χ1v) is 9.94. The molecule has 2 aromatic rings. The summed E-state index contributed by atoms with van der Waals surface area (Å²) in [6, 6.07) is 15.7. The molecule has 0 aromatic heterocycles. The fourth-order valence-corrected chi connectivity index (χ4v) is 3.86. The number of carbonyl (C=O) groups excluding carboxylic acids is 2. The number of rotatable bonds is 4. The quantitative estimate of drug-likeness (QED) is 0.777. The second-order valence-electron chi connectivity index (χ2n) is 7.61. The van der Waals surface area contributed by atoms with E-state index in [1.54, 1.807) is 21.9 Å². The summed E-state index contributed by atoms with van der Waals surface area (Å²) in [7, 11) is 1.97. The van der Waals surface area contributed by atoms with Gasteiger partial charge in [-0.2, -0.15) is 0 Å². The predicted molar refractivity (Wildman–Crippen MR) is 109 cm³/mol. The summed E-state index contributed by atoms with van der Waals surface area (Å²) in [6.45, 7) is 1.84. The number of hydrogen-bond acceptors (Lipinski definition) is 4. The zero-order valence-electron chi connectivity index (χ0n) is 16.9. The van der Waals surface area contributed by atoms with Crippen LogP contribution < -0.4 is 0 Å². The van der Waals surface area contributed by atoms with Crippen LogP contribution in [0.15, 0.2) is 65.9 Å². The van der Waals surface area contributed by atoms with E-state index in [-0.39, 0.29) is 24.9 Å². The van der Waals surface area contributed by atoms with Gasteiger partial charge < -0.3 is 19.4 Å². The minimum absolute atomic E-state index is 0.0389. The van der Waals surface area contributed by atoms with Crippen LogP contribution in [0.4, 0.5) is 9.18 Å². The van der Waals surface area contributed by atoms with E-state index in [1.165, 1.54) is 12.1 Å². The van der Waals surface area contributed by atoms with E-state index in [2.05, 4.69) is 4.90 Å². The van der Waals surface area contributed by atoms with E-state index >= 15 is 0 Å². The van der Waals surface area contributed by atoms with Gasteiger partial charge in [-0.1, -0.05) is 42.5 Å². The topological polar surface area (TPSA) is 53.1 Å². The first-order chi connectivity index (χ1) is 14.5. The highest BCUT2D eigenvalue weighted by molar-refractivity contribution is 5.96. The monoisotopic (exact) mass is 409 g/mol. The molecule has 6 nitrogen and oxygen atoms in total. The molecule has 0 aliphatic carbocycles. The third-order valence-electron chi connectivity index (χ3n) is 5.45. The number of amides is 2. The highest BCUT2D eigenvalue weighted by Crippen LogP contribution is 2.28. The Morgan fingerprint density at radius 2 is 1.80 bits per heavy atom. The lowest BCUT2D eigenvalue weighted by Crippen LogP contribution is -2.51. The first-order valence-electron chi connectivity index (χ1n) is 9.94. The summed E-state index contributed by atoms with van der Waals surface area (Å²) >= 11 is 0. The normalized spacial score (nSPS) is 16.6. The average Bonchev–Trinajstić information content (AvgIpc) is 2.77. The maximum atomic E-state index is 13.1. The Morgan fingerprint density at radius 1 is 1.07 bits per heavy atom. The fourth-order valence-electron chi connectivity index (χ4n) is 3.86. The number of nitrogens with zero attached hydrogens (tertiary/aromatic N) is 3. The number of benzene rings is 2. The smallest absolute Gasteiger partial charge is 0.410 e. The van der Waals surface area contributed by atoms with E-state index in [0.717, 1.165) is 11.3 Å². The molecule has 2 heterocycles. The van der Waals surface area contributed by atoms with E-state index in [1.807, 2.05) is 37.4 Å². The van der Waals surface area contributed by atoms with Crippen LogP contribution in [0.1, 0.15) is 17.5 Å². The molecule has 7 heteroatoms. The van der Waals surface area contributed by atoms with Gasteiger partial charge in [0.15, 0.2) is 0 Å². The Morgan fingerprint density at radius 3 is 2.53 bits per heavy atom. The zero-order chi connectivity index (χ0) is 21.1. The molecule has 0 N–H and O–H groups in total. The number of ether oxygens (including phenoxy) is 1. The zero-order valence-corrected chi connectivity index (χ0v) is 16.9. The first kappa shape index (κ1) is 19.9. The SMILES string of the molecule is CN1CN(Cc2ccccc2)C(=O)C2=C1CCN(C(=O)OCc1ccc(F)cc1)C2. The van der Waals surface area contributed by atoms with Crippen LogP contribution >= 0.6 is 0 Å². The second kappa shape index (κ2) is 8.57. The van der Waals surface area contributed by atoms with E-state index in [9.17, 15) is 14.0 Å². The minimum atomic E-state index is -0.471. The van der Waals surface area contributed by atoms with Gasteiger partial charge in [0.05, 0.1) is 18.8 Å². The molecule has 0 atom stereocenters. The molecule has 0 fully saturated rings. The Balaban J connectivity index is 1.41. The summed E-state index contributed by atoms with van der Waals surface area (Å²) in [5, 5.41) is 0. The molecule has 0 unspecified atom stereocenters. The van der Waals surface area contributed by atoms with Crippen molar-refractivity contribution in [2.75, 3.05) is 26.8 Å². The molecule has 0 spiro atoms. The summed E-state index contributed by atoms with van der Waals surface area (Å²) in [6.07, 6.45) is 0.143. The molecule has 0 radical (unpaired) electrons. The van der Waals surface area contributed by atoms with Crippen molar-refractivity contribution in [2.24, 2.45) is 0 Å². The van der Waals surface area contributed by atoms with Gasteiger partial charge in [-0.05, 0) is 23.3 Å². The molecule has 30 heavy (non-hydrogen) atoms. The van der Waals surface area contributed by atoms with Crippen LogP contribution in [0.5, 0.6) is 0 Å². The van der Waals surface area contributed by atoms with Gasteiger partial charge in [0.25, 0.3) is 5.91 Å². The maximum Gasteiger partial charge on any atom is 0.410 e. The maximum absolute atomic E-state index is 13.1. The van der Waals surface area contributed by atoms with Crippen molar-refractivity contribution < 1.29 is 18.7 Å². The van der Waals surface area contributed by atoms with Crippen LogP contribution in [0.25, 0.3) is 0 Å². The molecule has 2 aliphatic heterocycles. The van der Waals surface area contributed by atoms with Crippen molar-refractivity contribution >= 4 is 12.0 Å². The lowest BCUT2D eigenvalue weighted by molar-refractivity contribution is -0.131. The molecule has 2 amide bonds. The van der Waals surface area contributed by atoms with Crippen molar-refractivity contribution in [1.82, 2.24) is 14.7 Å². The largest absolute Gasteiger partial charge is 0.445 e. The van der Waals surface area contributed by atoms with Gasteiger partial charge in [-0.3, -0.25) is 4.79 Å². The fraction of sp³-hybridized carbons (Fsp3) is 0.304. The Kier molecular flexibility index (Phi) is 5.70. The second-order valence-corrected chi connectivity index (χ2v) is 7.61. The van der Waals surface area contributed by atoms with Crippen molar-refractivity contribution in [2.45, 2.75) is 19.6 Å². The van der Waals surface area contributed by atoms with Crippen molar-refractivity contribution in [3.05, 3.63) is 82.8 Å². The highest BCUT2D eigenvalue weighted by atomic mass is 19.1. The number of hydrogen-bond donors (Lipinski definition) is 0. The van der Waals surface area contributed by atoms with Gasteiger partial charge in [-0.15, -0.1) is 0 Å². The average molecular weight is 409 g/mol. The van der Waals surface area contributed by atoms with Gasteiger partial charge in [0.1, 0.15) is 12.4 Å². The molecular formula is C23H24FN3O3. The third kappa shape index (κ3) is 4.30. The minimum Gasteiger partial charge on any atom is -0.445 e. The summed E-state index contributed by atoms with van der Waals surface area (Å²) in [5.74, 6) is -0.372. The lowest BCUT2D eigenvalue weighted by Gasteiger charge is -2.42. The number of halogens is 1. The van der Waals surface area contributed by atoms with E-state index < -0.39 is 6.09 Å². The highest BCUT2D eigenvalue weighted by Gasteiger charge is 2.35. The van der Waals surface area contributed by atoms with Crippen LogP contribution in [0.3, 0.4) is 0 Å². The van der Waals surface area contributed by atoms with Crippen LogP contribution in [-0.2, 0) is 22.7 Å². The van der Waals surface area contributed by atoms with E-state index in [4.69, 9.17) is 4.74 Å². The van der Waals surface area contributed by atoms with Crippen LogP contribution in [0.2, 0.25) is 0 Å². The molecule has 0 saturated carbocycles.